The second kappa shape index (κ2) is 7.71. The van der Waals surface area contributed by atoms with Crippen molar-refractivity contribution in [2.75, 3.05) is 20.1 Å². The minimum absolute atomic E-state index is 0.0494. The minimum Gasteiger partial charge on any atom is -0.434 e. The van der Waals surface area contributed by atoms with Crippen molar-refractivity contribution < 1.29 is 13.5 Å². The molecule has 1 aliphatic rings. The van der Waals surface area contributed by atoms with Crippen molar-refractivity contribution in [3.8, 4) is 5.75 Å². The van der Waals surface area contributed by atoms with Crippen molar-refractivity contribution in [3.63, 3.8) is 0 Å². The first-order valence-corrected chi connectivity index (χ1v) is 7.58. The molecule has 1 atom stereocenters. The Kier molecular flexibility index (Phi) is 5.94. The van der Waals surface area contributed by atoms with E-state index in [1.807, 2.05) is 12.1 Å². The van der Waals surface area contributed by atoms with Crippen LogP contribution in [-0.2, 0) is 0 Å². The van der Waals surface area contributed by atoms with E-state index < -0.39 is 6.61 Å². The van der Waals surface area contributed by atoms with Gasteiger partial charge in [-0.1, -0.05) is 25.1 Å². The number of nitrogens with one attached hydrogen (secondary N) is 1. The van der Waals surface area contributed by atoms with Crippen LogP contribution in [0.25, 0.3) is 0 Å². The number of para-hydroxylation sites is 1. The lowest BCUT2D eigenvalue weighted by atomic mass is 9.99. The molecule has 118 valence electrons. The maximum absolute atomic E-state index is 12.5. The van der Waals surface area contributed by atoms with E-state index in [0.717, 1.165) is 37.9 Å². The standard InChI is InChI=1S/C16H24F2N2O/c1-3-14(19-12-8-10-20(2)11-9-12)13-6-4-5-7-15(13)21-16(17)18/h4-7,12,14,16,19H,3,8-11H2,1-2H3/t14-/m1/s1. The third kappa shape index (κ3) is 4.64. The molecule has 5 heteroatoms. The molecule has 1 aliphatic heterocycles. The normalized spacial score (nSPS) is 18.9. The average Bonchev–Trinajstić information content (AvgIpc) is 2.47. The first-order chi connectivity index (χ1) is 10.1. The molecule has 0 aromatic heterocycles. The first-order valence-electron chi connectivity index (χ1n) is 7.58. The molecule has 0 aliphatic carbocycles. The molecular weight excluding hydrogens is 274 g/mol. The fourth-order valence-corrected chi connectivity index (χ4v) is 2.86. The van der Waals surface area contributed by atoms with E-state index in [0.29, 0.717) is 6.04 Å². The summed E-state index contributed by atoms with van der Waals surface area (Å²) < 4.78 is 29.7. The molecule has 1 heterocycles. The predicted octanol–water partition coefficient (Wildman–Crippen LogP) is 3.42. The number of hydrogen-bond acceptors (Lipinski definition) is 3. The molecule has 0 radical (unpaired) electrons. The van der Waals surface area contributed by atoms with Crippen LogP contribution in [0.5, 0.6) is 5.75 Å². The number of piperidine rings is 1. The van der Waals surface area contributed by atoms with Crippen LogP contribution >= 0.6 is 0 Å². The number of likely N-dealkylation sites (tertiary alicyclic amines) is 1. The molecule has 1 saturated heterocycles. The number of rotatable bonds is 6. The number of benzene rings is 1. The Balaban J connectivity index is 2.06. The second-order valence-electron chi connectivity index (χ2n) is 5.62. The second-order valence-corrected chi connectivity index (χ2v) is 5.62. The minimum atomic E-state index is -2.79. The van der Waals surface area contributed by atoms with Crippen LogP contribution in [0.15, 0.2) is 24.3 Å². The Labute approximate surface area is 125 Å². The van der Waals surface area contributed by atoms with E-state index in [4.69, 9.17) is 0 Å². The number of alkyl halides is 2. The highest BCUT2D eigenvalue weighted by Gasteiger charge is 2.22. The summed E-state index contributed by atoms with van der Waals surface area (Å²) >= 11 is 0. The maximum atomic E-state index is 12.5. The quantitative estimate of drug-likeness (QED) is 0.871. The summed E-state index contributed by atoms with van der Waals surface area (Å²) in [6.45, 7) is 1.42. The molecule has 0 bridgehead atoms. The van der Waals surface area contributed by atoms with Gasteiger partial charge in [0.15, 0.2) is 0 Å². The van der Waals surface area contributed by atoms with E-state index in [1.54, 1.807) is 12.1 Å². The fourth-order valence-electron chi connectivity index (χ4n) is 2.86. The van der Waals surface area contributed by atoms with Crippen LogP contribution in [0.2, 0.25) is 0 Å². The Hall–Kier alpha value is -1.20. The molecule has 0 unspecified atom stereocenters. The number of hydrogen-bond donors (Lipinski definition) is 1. The Morgan fingerprint density at radius 1 is 1.29 bits per heavy atom. The van der Waals surface area contributed by atoms with Crippen molar-refractivity contribution in [3.05, 3.63) is 29.8 Å². The lowest BCUT2D eigenvalue weighted by Gasteiger charge is -2.33. The molecule has 0 spiro atoms. The van der Waals surface area contributed by atoms with Crippen LogP contribution in [0.3, 0.4) is 0 Å². The third-order valence-corrected chi connectivity index (χ3v) is 4.07. The highest BCUT2D eigenvalue weighted by Crippen LogP contribution is 2.29. The molecule has 21 heavy (non-hydrogen) atoms. The highest BCUT2D eigenvalue weighted by molar-refractivity contribution is 5.36. The molecule has 1 aromatic carbocycles. The van der Waals surface area contributed by atoms with Crippen molar-refractivity contribution in [1.29, 1.82) is 0 Å². The predicted molar refractivity (Wildman–Crippen MR) is 79.8 cm³/mol. The van der Waals surface area contributed by atoms with Gasteiger partial charge in [0.05, 0.1) is 0 Å². The van der Waals surface area contributed by atoms with Crippen LogP contribution in [0.4, 0.5) is 8.78 Å². The Bertz CT molecular complexity index is 434. The van der Waals surface area contributed by atoms with Gasteiger partial charge in [-0.05, 0) is 45.5 Å². The Morgan fingerprint density at radius 2 is 1.95 bits per heavy atom. The van der Waals surface area contributed by atoms with Crippen molar-refractivity contribution >= 4 is 0 Å². The lowest BCUT2D eigenvalue weighted by Crippen LogP contribution is -2.42. The van der Waals surface area contributed by atoms with Crippen molar-refractivity contribution in [2.24, 2.45) is 0 Å². The molecule has 0 amide bonds. The Morgan fingerprint density at radius 3 is 2.57 bits per heavy atom. The summed E-state index contributed by atoms with van der Waals surface area (Å²) in [4.78, 5) is 2.31. The molecule has 1 aromatic rings. The smallest absolute Gasteiger partial charge is 0.387 e. The SMILES string of the molecule is CC[C@@H](NC1CCN(C)CC1)c1ccccc1OC(F)F. The van der Waals surface area contributed by atoms with Crippen LogP contribution in [0.1, 0.15) is 37.8 Å². The highest BCUT2D eigenvalue weighted by atomic mass is 19.3. The van der Waals surface area contributed by atoms with E-state index in [-0.39, 0.29) is 11.8 Å². The zero-order valence-electron chi connectivity index (χ0n) is 12.7. The fraction of sp³-hybridized carbons (Fsp3) is 0.625. The van der Waals surface area contributed by atoms with Gasteiger partial charge in [0, 0.05) is 17.6 Å². The zero-order chi connectivity index (χ0) is 15.2. The van der Waals surface area contributed by atoms with Crippen LogP contribution in [-0.4, -0.2) is 37.7 Å². The van der Waals surface area contributed by atoms with Gasteiger partial charge in [0.1, 0.15) is 5.75 Å². The van der Waals surface area contributed by atoms with Crippen molar-refractivity contribution in [2.45, 2.75) is 44.9 Å². The van der Waals surface area contributed by atoms with E-state index in [1.165, 1.54) is 0 Å². The van der Waals surface area contributed by atoms with Gasteiger partial charge in [-0.2, -0.15) is 8.78 Å². The summed E-state index contributed by atoms with van der Waals surface area (Å²) in [5.74, 6) is 0.278. The van der Waals surface area contributed by atoms with Gasteiger partial charge in [-0.25, -0.2) is 0 Å². The summed E-state index contributed by atoms with van der Waals surface area (Å²) in [5, 5.41) is 3.60. The zero-order valence-corrected chi connectivity index (χ0v) is 12.7. The van der Waals surface area contributed by atoms with Crippen molar-refractivity contribution in [1.82, 2.24) is 10.2 Å². The monoisotopic (exact) mass is 298 g/mol. The third-order valence-electron chi connectivity index (χ3n) is 4.07. The lowest BCUT2D eigenvalue weighted by molar-refractivity contribution is -0.0507. The maximum Gasteiger partial charge on any atom is 0.387 e. The van der Waals surface area contributed by atoms with Gasteiger partial charge < -0.3 is 15.0 Å². The number of ether oxygens (including phenoxy) is 1. The summed E-state index contributed by atoms with van der Waals surface area (Å²) in [6.07, 6.45) is 3.02. The summed E-state index contributed by atoms with van der Waals surface area (Å²) in [7, 11) is 2.12. The number of nitrogens with zero attached hydrogens (tertiary/aromatic N) is 1. The van der Waals surface area contributed by atoms with E-state index >= 15 is 0 Å². The van der Waals surface area contributed by atoms with Gasteiger partial charge in [0.2, 0.25) is 0 Å². The molecule has 1 fully saturated rings. The molecule has 2 rings (SSSR count). The average molecular weight is 298 g/mol. The molecular formula is C16H24F2N2O. The molecule has 1 N–H and O–H groups in total. The van der Waals surface area contributed by atoms with Crippen LogP contribution < -0.4 is 10.1 Å². The van der Waals surface area contributed by atoms with E-state index in [9.17, 15) is 8.78 Å². The largest absolute Gasteiger partial charge is 0.434 e. The van der Waals surface area contributed by atoms with Gasteiger partial charge in [-0.15, -0.1) is 0 Å². The topological polar surface area (TPSA) is 24.5 Å². The van der Waals surface area contributed by atoms with Gasteiger partial charge in [0.25, 0.3) is 0 Å². The van der Waals surface area contributed by atoms with Crippen LogP contribution in [0, 0.1) is 0 Å². The number of halogens is 2. The van der Waals surface area contributed by atoms with Gasteiger partial charge >= 0.3 is 6.61 Å². The first kappa shape index (κ1) is 16.2. The summed E-state index contributed by atoms with van der Waals surface area (Å²) in [5.41, 5.74) is 0.819. The molecule has 0 saturated carbocycles. The molecule has 3 nitrogen and oxygen atoms in total. The van der Waals surface area contributed by atoms with Gasteiger partial charge in [-0.3, -0.25) is 0 Å². The summed E-state index contributed by atoms with van der Waals surface area (Å²) in [6, 6.07) is 7.56. The van der Waals surface area contributed by atoms with E-state index in [2.05, 4.69) is 28.9 Å².